The van der Waals surface area contributed by atoms with Crippen molar-refractivity contribution in [1.82, 2.24) is 8.96 Å². The van der Waals surface area contributed by atoms with Gasteiger partial charge in [0.05, 0.1) is 0 Å². The summed E-state index contributed by atoms with van der Waals surface area (Å²) < 4.78 is 3.23. The molecule has 0 aliphatic rings. The Morgan fingerprint density at radius 1 is 1.05 bits per heavy atom. The van der Waals surface area contributed by atoms with Crippen LogP contribution in [-0.2, 0) is 0 Å². The van der Waals surface area contributed by atoms with Crippen LogP contribution in [0, 0.1) is 20.8 Å². The first-order valence-electron chi connectivity index (χ1n) is 7.44. The minimum Gasteiger partial charge on any atom is -0.268 e. The second-order valence-corrected chi connectivity index (χ2v) is 6.87. The Bertz CT molecular complexity index is 776. The fraction of sp³-hybridized carbons (Fsp3) is 0.278. The van der Waals surface area contributed by atoms with E-state index in [1.165, 1.54) is 27.1 Å². The van der Waals surface area contributed by atoms with Gasteiger partial charge in [0.15, 0.2) is 5.65 Å². The third-order valence-corrected chi connectivity index (χ3v) is 5.04. The summed E-state index contributed by atoms with van der Waals surface area (Å²) in [4.78, 5) is 5.79. The van der Waals surface area contributed by atoms with Crippen molar-refractivity contribution in [1.29, 1.82) is 0 Å². The largest absolute Gasteiger partial charge is 0.268 e. The molecule has 116 valence electrons. The van der Waals surface area contributed by atoms with E-state index in [-0.39, 0.29) is 0 Å². The summed E-state index contributed by atoms with van der Waals surface area (Å²) in [7, 11) is 0. The quantitative estimate of drug-likeness (QED) is 0.521. The first kappa shape index (κ1) is 17.1. The van der Waals surface area contributed by atoms with Gasteiger partial charge in [-0.25, -0.2) is 4.98 Å². The van der Waals surface area contributed by atoms with E-state index < -0.39 is 0 Å². The van der Waals surface area contributed by atoms with Crippen molar-refractivity contribution in [3.05, 3.63) is 57.8 Å². The van der Waals surface area contributed by atoms with Crippen LogP contribution in [0.2, 0.25) is 0 Å². The van der Waals surface area contributed by atoms with Gasteiger partial charge in [0.25, 0.3) is 0 Å². The van der Waals surface area contributed by atoms with E-state index in [0.717, 1.165) is 10.1 Å². The molecule has 0 saturated carbocycles. The molecule has 0 spiro atoms. The molecular weight excluding hydrogens is 356 g/mol. The second kappa shape index (κ2) is 7.34. The molecule has 22 heavy (non-hydrogen) atoms. The molecule has 0 amide bonds. The molecule has 0 unspecified atom stereocenters. The fourth-order valence-electron chi connectivity index (χ4n) is 2.19. The number of hydrogen-bond donors (Lipinski definition) is 0. The average Bonchev–Trinajstić information content (AvgIpc) is 2.76. The van der Waals surface area contributed by atoms with Gasteiger partial charge in [0.1, 0.15) is 0 Å². The number of aromatic nitrogens is 2. The van der Waals surface area contributed by atoms with Crippen molar-refractivity contribution in [2.75, 3.05) is 0 Å². The van der Waals surface area contributed by atoms with E-state index in [4.69, 9.17) is 0 Å². The Morgan fingerprint density at radius 3 is 2.32 bits per heavy atom. The summed E-state index contributed by atoms with van der Waals surface area (Å²) in [5.41, 5.74) is 4.83. The van der Waals surface area contributed by atoms with E-state index in [2.05, 4.69) is 76.0 Å². The standard InChI is InChI=1S/C16H15BrN2S.C2H6/c1-10-4-6-14(7-5-10)20-19-12(3)11(2)15-8-13(17)9-18-16(15)19;1-2/h4-9H,1-3H3;1-2H3. The first-order chi connectivity index (χ1) is 10.6. The van der Waals surface area contributed by atoms with Crippen molar-refractivity contribution >= 4 is 38.9 Å². The molecule has 0 N–H and O–H groups in total. The molecule has 0 aliphatic carbocycles. The third-order valence-electron chi connectivity index (χ3n) is 3.49. The van der Waals surface area contributed by atoms with E-state index in [1.807, 2.05) is 20.0 Å². The predicted molar refractivity (Wildman–Crippen MR) is 101 cm³/mol. The number of hydrogen-bond acceptors (Lipinski definition) is 2. The monoisotopic (exact) mass is 376 g/mol. The minimum atomic E-state index is 1.02. The predicted octanol–water partition coefficient (Wildman–Crippen LogP) is 6.31. The van der Waals surface area contributed by atoms with Crippen molar-refractivity contribution in [3.63, 3.8) is 0 Å². The molecule has 3 rings (SSSR count). The van der Waals surface area contributed by atoms with Gasteiger partial charge in [-0.3, -0.25) is 3.97 Å². The van der Waals surface area contributed by atoms with Gasteiger partial charge < -0.3 is 0 Å². The van der Waals surface area contributed by atoms with Crippen LogP contribution in [0.25, 0.3) is 11.0 Å². The molecule has 0 radical (unpaired) electrons. The summed E-state index contributed by atoms with van der Waals surface area (Å²) in [5.74, 6) is 0. The third kappa shape index (κ3) is 3.39. The average molecular weight is 377 g/mol. The summed E-state index contributed by atoms with van der Waals surface area (Å²) >= 11 is 5.21. The number of nitrogens with zero attached hydrogens (tertiary/aromatic N) is 2. The molecule has 4 heteroatoms. The van der Waals surface area contributed by atoms with Crippen molar-refractivity contribution < 1.29 is 0 Å². The molecule has 2 nitrogen and oxygen atoms in total. The lowest BCUT2D eigenvalue weighted by atomic mass is 10.2. The Hall–Kier alpha value is -1.26. The second-order valence-electron chi connectivity index (χ2n) is 4.93. The minimum absolute atomic E-state index is 1.02. The summed E-state index contributed by atoms with van der Waals surface area (Å²) in [6, 6.07) is 10.7. The zero-order chi connectivity index (χ0) is 16.3. The highest BCUT2D eigenvalue weighted by atomic mass is 79.9. The van der Waals surface area contributed by atoms with Gasteiger partial charge in [-0.1, -0.05) is 31.5 Å². The molecule has 0 bridgehead atoms. The highest BCUT2D eigenvalue weighted by molar-refractivity contribution is 9.10. The van der Waals surface area contributed by atoms with Gasteiger partial charge in [-0.2, -0.15) is 0 Å². The van der Waals surface area contributed by atoms with Gasteiger partial charge in [0, 0.05) is 26.6 Å². The summed E-state index contributed by atoms with van der Waals surface area (Å²) in [5, 5.41) is 1.21. The molecule has 2 aromatic heterocycles. The number of fused-ring (bicyclic) bond motifs is 1. The molecule has 2 heterocycles. The topological polar surface area (TPSA) is 17.8 Å². The Balaban J connectivity index is 0.000000847. The number of pyridine rings is 1. The number of rotatable bonds is 2. The van der Waals surface area contributed by atoms with Crippen LogP contribution in [0.3, 0.4) is 0 Å². The molecule has 3 aromatic rings. The van der Waals surface area contributed by atoms with Crippen LogP contribution in [-0.4, -0.2) is 8.96 Å². The Kier molecular flexibility index (Phi) is 5.70. The lowest BCUT2D eigenvalue weighted by molar-refractivity contribution is 1.15. The van der Waals surface area contributed by atoms with Crippen molar-refractivity contribution in [2.45, 2.75) is 39.5 Å². The van der Waals surface area contributed by atoms with Gasteiger partial charge in [-0.15, -0.1) is 0 Å². The van der Waals surface area contributed by atoms with Crippen LogP contribution in [0.1, 0.15) is 30.7 Å². The number of aryl methyl sites for hydroxylation is 2. The number of halogens is 1. The van der Waals surface area contributed by atoms with Crippen LogP contribution >= 0.6 is 27.9 Å². The maximum Gasteiger partial charge on any atom is 0.150 e. The molecule has 1 aromatic carbocycles. The van der Waals surface area contributed by atoms with E-state index in [0.29, 0.717) is 0 Å². The fourth-order valence-corrected chi connectivity index (χ4v) is 3.50. The van der Waals surface area contributed by atoms with E-state index in [9.17, 15) is 0 Å². The summed E-state index contributed by atoms with van der Waals surface area (Å²) in [6.45, 7) is 10.4. The van der Waals surface area contributed by atoms with E-state index in [1.54, 1.807) is 11.9 Å². The maximum atomic E-state index is 4.57. The molecule has 0 atom stereocenters. The molecule has 0 saturated heterocycles. The highest BCUT2D eigenvalue weighted by Gasteiger charge is 2.13. The highest BCUT2D eigenvalue weighted by Crippen LogP contribution is 2.32. The normalized spacial score (nSPS) is 10.5. The van der Waals surface area contributed by atoms with Crippen LogP contribution in [0.4, 0.5) is 0 Å². The zero-order valence-corrected chi connectivity index (χ0v) is 16.0. The smallest absolute Gasteiger partial charge is 0.150 e. The SMILES string of the molecule is CC.Cc1ccc(Sn2c(C)c(C)c3cc(Br)cnc32)cc1. The van der Waals surface area contributed by atoms with Crippen molar-refractivity contribution in [3.8, 4) is 0 Å². The Morgan fingerprint density at radius 2 is 1.68 bits per heavy atom. The van der Waals surface area contributed by atoms with Gasteiger partial charge in [0.2, 0.25) is 0 Å². The van der Waals surface area contributed by atoms with Crippen LogP contribution in [0.5, 0.6) is 0 Å². The lowest BCUT2D eigenvalue weighted by Gasteiger charge is -2.07. The van der Waals surface area contributed by atoms with E-state index >= 15 is 0 Å². The van der Waals surface area contributed by atoms with Crippen LogP contribution in [0.15, 0.2) is 45.9 Å². The van der Waals surface area contributed by atoms with Crippen LogP contribution < -0.4 is 0 Å². The number of benzene rings is 1. The lowest BCUT2D eigenvalue weighted by Crippen LogP contribution is -1.91. The maximum absolute atomic E-state index is 4.57. The van der Waals surface area contributed by atoms with Crippen molar-refractivity contribution in [2.24, 2.45) is 0 Å². The summed E-state index contributed by atoms with van der Waals surface area (Å²) in [6.07, 6.45) is 1.85. The molecule has 0 aliphatic heterocycles. The van der Waals surface area contributed by atoms with Gasteiger partial charge in [-0.05, 0) is 72.4 Å². The Labute approximate surface area is 145 Å². The zero-order valence-electron chi connectivity index (χ0n) is 13.6. The van der Waals surface area contributed by atoms with Gasteiger partial charge >= 0.3 is 0 Å². The molecule has 0 fully saturated rings. The molecular formula is C18H21BrN2S. The first-order valence-corrected chi connectivity index (χ1v) is 9.01.